The Hall–Kier alpha value is -2.34. The molecule has 1 amide bonds. The molecule has 0 aliphatic heterocycles. The van der Waals surface area contributed by atoms with Crippen LogP contribution in [0, 0.1) is 0 Å². The summed E-state index contributed by atoms with van der Waals surface area (Å²) in [6.45, 7) is 1.71. The summed E-state index contributed by atoms with van der Waals surface area (Å²) in [7, 11) is 3.01. The molecule has 0 aliphatic rings. The number of furan rings is 1. The number of methoxy groups -OCH3 is 1. The maximum absolute atomic E-state index is 12.2. The lowest BCUT2D eigenvalue weighted by Gasteiger charge is -2.11. The number of amides is 1. The summed E-state index contributed by atoms with van der Waals surface area (Å²) in [5.41, 5.74) is 1.19. The number of nitrogens with one attached hydrogen (secondary N) is 1. The van der Waals surface area contributed by atoms with Crippen LogP contribution in [0.25, 0.3) is 11.0 Å². The van der Waals surface area contributed by atoms with Gasteiger partial charge in [-0.1, -0.05) is 18.2 Å². The molecule has 2 aromatic rings. The number of para-hydroxylation sites is 1. The molecule has 0 bridgehead atoms. The minimum absolute atomic E-state index is 0.0637. The van der Waals surface area contributed by atoms with Crippen LogP contribution < -0.4 is 5.32 Å². The maximum Gasteiger partial charge on any atom is 0.375 e. The van der Waals surface area contributed by atoms with Crippen molar-refractivity contribution in [3.8, 4) is 0 Å². The van der Waals surface area contributed by atoms with Crippen LogP contribution in [0.4, 0.5) is 0 Å². The molecule has 1 atom stereocenters. The number of hydrogen-bond donors (Lipinski definition) is 1. The fraction of sp³-hybridized carbons (Fsp3) is 0.333. The predicted octanol–water partition coefficient (Wildman–Crippen LogP) is 1.87. The van der Waals surface area contributed by atoms with Crippen molar-refractivity contribution in [3.63, 3.8) is 0 Å². The average Bonchev–Trinajstić information content (AvgIpc) is 2.86. The number of carbonyl (C=O) groups is 2. The molecule has 1 aromatic heterocycles. The highest BCUT2D eigenvalue weighted by Gasteiger charge is 2.25. The summed E-state index contributed by atoms with van der Waals surface area (Å²) < 4.78 is 15.8. The molecule has 0 saturated heterocycles. The second-order valence-electron chi connectivity index (χ2n) is 4.50. The molecule has 0 fully saturated rings. The SMILES string of the molecule is CNC(=O)[C@@H](C)OC(=O)c1oc2ccccc2c1COC. The lowest BCUT2D eigenvalue weighted by Crippen LogP contribution is -2.33. The second kappa shape index (κ2) is 6.41. The van der Waals surface area contributed by atoms with Crippen LogP contribution in [0.5, 0.6) is 0 Å². The molecular formula is C15H17NO5. The van der Waals surface area contributed by atoms with Gasteiger partial charge in [-0.2, -0.15) is 0 Å². The fourth-order valence-electron chi connectivity index (χ4n) is 2.02. The molecule has 0 aliphatic carbocycles. The summed E-state index contributed by atoms with van der Waals surface area (Å²) in [5.74, 6) is -1.00. The van der Waals surface area contributed by atoms with Gasteiger partial charge in [0.2, 0.25) is 5.76 Å². The Morgan fingerprint density at radius 2 is 2.05 bits per heavy atom. The van der Waals surface area contributed by atoms with Gasteiger partial charge in [-0.15, -0.1) is 0 Å². The minimum atomic E-state index is -0.897. The van der Waals surface area contributed by atoms with Crippen molar-refractivity contribution in [2.75, 3.05) is 14.2 Å². The summed E-state index contributed by atoms with van der Waals surface area (Å²) in [6, 6.07) is 7.25. The van der Waals surface area contributed by atoms with Crippen molar-refractivity contribution >= 4 is 22.8 Å². The molecule has 1 heterocycles. The van der Waals surface area contributed by atoms with Crippen LogP contribution in [0.3, 0.4) is 0 Å². The molecule has 6 heteroatoms. The summed E-state index contributed by atoms with van der Waals surface area (Å²) >= 11 is 0. The molecule has 1 N–H and O–H groups in total. The quantitative estimate of drug-likeness (QED) is 0.851. The Morgan fingerprint density at radius 1 is 1.33 bits per heavy atom. The van der Waals surface area contributed by atoms with Gasteiger partial charge in [-0.25, -0.2) is 4.79 Å². The first-order valence-electron chi connectivity index (χ1n) is 6.50. The zero-order valence-corrected chi connectivity index (χ0v) is 12.1. The molecule has 112 valence electrons. The normalized spacial score (nSPS) is 12.1. The molecule has 0 radical (unpaired) electrons. The standard InChI is InChI=1S/C15H17NO5/c1-9(14(17)16-2)20-15(18)13-11(8-19-3)10-6-4-5-7-12(10)21-13/h4-7,9H,8H2,1-3H3,(H,16,17)/t9-/m1/s1. The molecule has 0 unspecified atom stereocenters. The van der Waals surface area contributed by atoms with Gasteiger partial charge in [0.1, 0.15) is 5.58 Å². The fourth-order valence-corrected chi connectivity index (χ4v) is 2.02. The highest BCUT2D eigenvalue weighted by atomic mass is 16.6. The zero-order chi connectivity index (χ0) is 15.4. The minimum Gasteiger partial charge on any atom is -0.449 e. The Morgan fingerprint density at radius 3 is 2.71 bits per heavy atom. The maximum atomic E-state index is 12.2. The van der Waals surface area contributed by atoms with Gasteiger partial charge >= 0.3 is 5.97 Å². The first-order chi connectivity index (χ1) is 10.1. The van der Waals surface area contributed by atoms with E-state index in [0.29, 0.717) is 11.1 Å². The molecule has 1 aromatic carbocycles. The number of hydrogen-bond acceptors (Lipinski definition) is 5. The van der Waals surface area contributed by atoms with E-state index in [0.717, 1.165) is 5.39 Å². The van der Waals surface area contributed by atoms with Gasteiger partial charge in [-0.3, -0.25) is 4.79 Å². The van der Waals surface area contributed by atoms with Crippen LogP contribution >= 0.6 is 0 Å². The van der Waals surface area contributed by atoms with Crippen LogP contribution in [0.15, 0.2) is 28.7 Å². The van der Waals surface area contributed by atoms with Gasteiger partial charge in [0.05, 0.1) is 6.61 Å². The molecule has 6 nitrogen and oxygen atoms in total. The molecule has 0 spiro atoms. The summed E-state index contributed by atoms with van der Waals surface area (Å²) in [4.78, 5) is 23.6. The van der Waals surface area contributed by atoms with Crippen molar-refractivity contribution in [3.05, 3.63) is 35.6 Å². The van der Waals surface area contributed by atoms with E-state index in [1.807, 2.05) is 18.2 Å². The van der Waals surface area contributed by atoms with Crippen LogP contribution in [0.2, 0.25) is 0 Å². The van der Waals surface area contributed by atoms with Crippen LogP contribution in [0.1, 0.15) is 23.0 Å². The van der Waals surface area contributed by atoms with Gasteiger partial charge in [0.25, 0.3) is 5.91 Å². The van der Waals surface area contributed by atoms with E-state index in [1.54, 1.807) is 6.07 Å². The number of fused-ring (bicyclic) bond motifs is 1. The van der Waals surface area contributed by atoms with E-state index in [9.17, 15) is 9.59 Å². The van der Waals surface area contributed by atoms with Crippen molar-refractivity contribution in [2.45, 2.75) is 19.6 Å². The largest absolute Gasteiger partial charge is 0.449 e. The molecule has 0 saturated carbocycles. The highest BCUT2D eigenvalue weighted by Crippen LogP contribution is 2.27. The van der Waals surface area contributed by atoms with Crippen LogP contribution in [-0.2, 0) is 20.9 Å². The van der Waals surface area contributed by atoms with Gasteiger partial charge in [0.15, 0.2) is 6.10 Å². The number of benzene rings is 1. The third-order valence-corrected chi connectivity index (χ3v) is 3.07. The monoisotopic (exact) mass is 291 g/mol. The number of carbonyl (C=O) groups excluding carboxylic acids is 2. The number of rotatable bonds is 5. The number of ether oxygens (including phenoxy) is 2. The van der Waals surface area contributed by atoms with E-state index in [-0.39, 0.29) is 18.3 Å². The highest BCUT2D eigenvalue weighted by molar-refractivity contribution is 5.97. The van der Waals surface area contributed by atoms with E-state index in [1.165, 1.54) is 21.1 Å². The van der Waals surface area contributed by atoms with Crippen molar-refractivity contribution in [2.24, 2.45) is 0 Å². The number of esters is 1. The Labute approximate surface area is 122 Å². The van der Waals surface area contributed by atoms with E-state index < -0.39 is 12.1 Å². The van der Waals surface area contributed by atoms with Crippen molar-refractivity contribution < 1.29 is 23.5 Å². The van der Waals surface area contributed by atoms with E-state index >= 15 is 0 Å². The third-order valence-electron chi connectivity index (χ3n) is 3.07. The lowest BCUT2D eigenvalue weighted by atomic mass is 10.1. The average molecular weight is 291 g/mol. The van der Waals surface area contributed by atoms with Crippen LogP contribution in [-0.4, -0.2) is 32.1 Å². The molecule has 2 rings (SSSR count). The Kier molecular flexibility index (Phi) is 4.59. The Balaban J connectivity index is 2.34. The predicted molar refractivity (Wildman–Crippen MR) is 75.9 cm³/mol. The lowest BCUT2D eigenvalue weighted by molar-refractivity contribution is -0.128. The van der Waals surface area contributed by atoms with Gasteiger partial charge < -0.3 is 19.2 Å². The first kappa shape index (κ1) is 15.1. The van der Waals surface area contributed by atoms with Gasteiger partial charge in [0, 0.05) is 25.1 Å². The van der Waals surface area contributed by atoms with Crippen molar-refractivity contribution in [1.82, 2.24) is 5.32 Å². The third kappa shape index (κ3) is 3.05. The number of likely N-dealkylation sites (N-methyl/N-ethyl adjacent to an activating group) is 1. The smallest absolute Gasteiger partial charge is 0.375 e. The van der Waals surface area contributed by atoms with Crippen molar-refractivity contribution in [1.29, 1.82) is 0 Å². The van der Waals surface area contributed by atoms with E-state index in [4.69, 9.17) is 13.9 Å². The molecular weight excluding hydrogens is 274 g/mol. The van der Waals surface area contributed by atoms with Gasteiger partial charge in [-0.05, 0) is 13.0 Å². The zero-order valence-electron chi connectivity index (χ0n) is 12.1. The summed E-state index contributed by atoms with van der Waals surface area (Å²) in [6.07, 6.45) is -0.897. The second-order valence-corrected chi connectivity index (χ2v) is 4.50. The van der Waals surface area contributed by atoms with E-state index in [2.05, 4.69) is 5.32 Å². The summed E-state index contributed by atoms with van der Waals surface area (Å²) in [5, 5.41) is 3.21. The molecule has 21 heavy (non-hydrogen) atoms. The first-order valence-corrected chi connectivity index (χ1v) is 6.50. The Bertz CT molecular complexity index is 661. The topological polar surface area (TPSA) is 77.8 Å².